The minimum absolute atomic E-state index is 0.187. The lowest BCUT2D eigenvalue weighted by atomic mass is 9.91. The van der Waals surface area contributed by atoms with E-state index in [4.69, 9.17) is 28.2 Å². The van der Waals surface area contributed by atoms with Crippen LogP contribution in [0.2, 0.25) is 10.0 Å². The largest absolute Gasteiger partial charge is 0.511 e. The lowest BCUT2D eigenvalue weighted by Crippen LogP contribution is -2.45. The van der Waals surface area contributed by atoms with E-state index in [-0.39, 0.29) is 37.9 Å². The van der Waals surface area contributed by atoms with Crippen molar-refractivity contribution in [3.8, 4) is 11.4 Å². The van der Waals surface area contributed by atoms with Crippen molar-refractivity contribution in [2.75, 3.05) is 13.1 Å². The lowest BCUT2D eigenvalue weighted by molar-refractivity contribution is -0.0496. The van der Waals surface area contributed by atoms with Gasteiger partial charge in [0.1, 0.15) is 10.8 Å². The third-order valence-corrected chi connectivity index (χ3v) is 10.4. The molecule has 13 heteroatoms. The molecule has 218 valence electrons. The number of benzene rings is 3. The second kappa shape index (κ2) is 11.3. The highest BCUT2D eigenvalue weighted by Crippen LogP contribution is 2.39. The van der Waals surface area contributed by atoms with E-state index >= 15 is 0 Å². The van der Waals surface area contributed by atoms with Crippen LogP contribution in [-0.2, 0) is 10.0 Å². The number of sulfonamides is 1. The van der Waals surface area contributed by atoms with Gasteiger partial charge in [0, 0.05) is 46.3 Å². The number of nitrogens with zero attached hydrogens (tertiary/aromatic N) is 4. The molecular weight excluding hydrogens is 628 g/mol. The molecule has 0 aliphatic carbocycles. The first-order valence-corrected chi connectivity index (χ1v) is 16.1. The van der Waals surface area contributed by atoms with Crippen molar-refractivity contribution in [1.82, 2.24) is 18.8 Å². The first-order valence-electron chi connectivity index (χ1n) is 13.0. The molecule has 1 aliphatic heterocycles. The number of piperidine rings is 1. The van der Waals surface area contributed by atoms with Crippen LogP contribution < -0.4 is 0 Å². The number of fused-ring (bicyclic) bond motifs is 1. The summed E-state index contributed by atoms with van der Waals surface area (Å²) in [7, 11) is -5.40. The predicted molar refractivity (Wildman–Crippen MR) is 160 cm³/mol. The minimum atomic E-state index is -5.40. The zero-order chi connectivity index (χ0) is 29.6. The maximum Gasteiger partial charge on any atom is 0.511 e. The topological polar surface area (TPSA) is 68.1 Å². The van der Waals surface area contributed by atoms with Gasteiger partial charge in [-0.2, -0.15) is 17.5 Å². The summed E-state index contributed by atoms with van der Waals surface area (Å²) < 4.78 is 66.4. The molecule has 42 heavy (non-hydrogen) atoms. The third kappa shape index (κ3) is 5.44. The van der Waals surface area contributed by atoms with Gasteiger partial charge in [0.05, 0.1) is 17.0 Å². The summed E-state index contributed by atoms with van der Waals surface area (Å²) in [6.07, 6.45) is 2.14. The third-order valence-electron chi connectivity index (χ3n) is 7.47. The van der Waals surface area contributed by atoms with Gasteiger partial charge in [-0.1, -0.05) is 41.4 Å². The maximum absolute atomic E-state index is 13.2. The Morgan fingerprint density at radius 3 is 2.12 bits per heavy atom. The standard InChI is InChI=1S/C29H23Cl2F3N4O2S2/c30-21-6-1-18(2-7-21)26(28-35-13-16-41-28)20-5-10-24-25(17-20)38(27(36-24)19-3-8-22(31)9-4-19)23-11-14-37(15-12-23)42(39,40)29(32,33)34/h1-10,13,16-17,23,26H,11-12,14-15H2. The van der Waals surface area contributed by atoms with Crippen LogP contribution in [0.5, 0.6) is 0 Å². The Morgan fingerprint density at radius 1 is 0.905 bits per heavy atom. The van der Waals surface area contributed by atoms with Crippen molar-refractivity contribution in [3.63, 3.8) is 0 Å². The van der Waals surface area contributed by atoms with Crippen molar-refractivity contribution in [1.29, 1.82) is 0 Å². The summed E-state index contributed by atoms with van der Waals surface area (Å²) in [6.45, 7) is -0.503. The van der Waals surface area contributed by atoms with Gasteiger partial charge in [-0.3, -0.25) is 0 Å². The number of alkyl halides is 3. The second-order valence-electron chi connectivity index (χ2n) is 10.00. The van der Waals surface area contributed by atoms with Crippen molar-refractivity contribution in [2.24, 2.45) is 0 Å². The molecule has 0 spiro atoms. The van der Waals surface area contributed by atoms with Crippen LogP contribution in [0.25, 0.3) is 22.4 Å². The van der Waals surface area contributed by atoms with E-state index in [2.05, 4.69) is 4.98 Å². The minimum Gasteiger partial charge on any atom is -0.321 e. The summed E-state index contributed by atoms with van der Waals surface area (Å²) in [6, 6.07) is 20.5. The molecule has 5 aromatic rings. The van der Waals surface area contributed by atoms with Crippen molar-refractivity contribution in [2.45, 2.75) is 30.3 Å². The first-order chi connectivity index (χ1) is 20.0. The number of rotatable bonds is 6. The Kier molecular flexibility index (Phi) is 7.82. The summed E-state index contributed by atoms with van der Waals surface area (Å²) in [4.78, 5) is 9.51. The zero-order valence-corrected chi connectivity index (χ0v) is 24.9. The van der Waals surface area contributed by atoms with Crippen molar-refractivity contribution >= 4 is 55.6 Å². The molecule has 0 radical (unpaired) electrons. The fourth-order valence-corrected chi connectivity index (χ4v) is 7.49. The Bertz CT molecular complexity index is 1820. The van der Waals surface area contributed by atoms with Crippen molar-refractivity contribution < 1.29 is 21.6 Å². The van der Waals surface area contributed by atoms with Crippen LogP contribution in [0.1, 0.15) is 40.9 Å². The van der Waals surface area contributed by atoms with Crippen LogP contribution in [0.3, 0.4) is 0 Å². The zero-order valence-electron chi connectivity index (χ0n) is 21.8. The highest BCUT2D eigenvalue weighted by molar-refractivity contribution is 7.90. The fourth-order valence-electron chi connectivity index (χ4n) is 5.46. The average Bonchev–Trinajstić information content (AvgIpc) is 3.62. The smallest absolute Gasteiger partial charge is 0.321 e. The molecule has 2 aromatic heterocycles. The highest BCUT2D eigenvalue weighted by atomic mass is 35.5. The van der Waals surface area contributed by atoms with Gasteiger partial charge >= 0.3 is 15.5 Å². The van der Waals surface area contributed by atoms with Gasteiger partial charge in [0.2, 0.25) is 0 Å². The van der Waals surface area contributed by atoms with E-state index in [0.29, 0.717) is 25.7 Å². The number of halogens is 5. The summed E-state index contributed by atoms with van der Waals surface area (Å²) >= 11 is 13.8. The number of thiazole rings is 1. The Hall–Kier alpha value is -2.96. The molecular formula is C29H23Cl2F3N4O2S2. The Balaban J connectivity index is 1.46. The van der Waals surface area contributed by atoms with E-state index in [1.54, 1.807) is 18.3 Å². The molecule has 1 aliphatic rings. The molecule has 3 heterocycles. The van der Waals surface area contributed by atoms with Crippen molar-refractivity contribution in [3.05, 3.63) is 104 Å². The Morgan fingerprint density at radius 2 is 1.52 bits per heavy atom. The van der Waals surface area contributed by atoms with E-state index < -0.39 is 15.5 Å². The molecule has 1 saturated heterocycles. The van der Waals surface area contributed by atoms with Gasteiger partial charge in [-0.25, -0.2) is 18.4 Å². The van der Waals surface area contributed by atoms with E-state index in [0.717, 1.165) is 27.2 Å². The molecule has 0 saturated carbocycles. The lowest BCUT2D eigenvalue weighted by Gasteiger charge is -2.33. The molecule has 1 atom stereocenters. The van der Waals surface area contributed by atoms with E-state index in [9.17, 15) is 21.6 Å². The van der Waals surface area contributed by atoms with Crippen LogP contribution in [0.15, 0.2) is 78.3 Å². The van der Waals surface area contributed by atoms with Gasteiger partial charge in [-0.05, 0) is 72.5 Å². The quantitative estimate of drug-likeness (QED) is 0.186. The fraction of sp³-hybridized carbons (Fsp3) is 0.241. The van der Waals surface area contributed by atoms with Gasteiger partial charge in [0.15, 0.2) is 0 Å². The molecule has 0 N–H and O–H groups in total. The van der Waals surface area contributed by atoms with Gasteiger partial charge in [0.25, 0.3) is 0 Å². The van der Waals surface area contributed by atoms with E-state index in [1.165, 1.54) is 11.3 Å². The van der Waals surface area contributed by atoms with Crippen LogP contribution in [0, 0.1) is 0 Å². The maximum atomic E-state index is 13.2. The molecule has 1 fully saturated rings. The molecule has 6 nitrogen and oxygen atoms in total. The summed E-state index contributed by atoms with van der Waals surface area (Å²) in [5.74, 6) is 0.445. The Labute approximate surface area is 254 Å². The van der Waals surface area contributed by atoms with Gasteiger partial charge < -0.3 is 4.57 Å². The number of aromatic nitrogens is 3. The molecule has 0 bridgehead atoms. The monoisotopic (exact) mass is 650 g/mol. The second-order valence-corrected chi connectivity index (χ2v) is 13.7. The first kappa shape index (κ1) is 29.1. The number of hydrogen-bond donors (Lipinski definition) is 0. The molecule has 1 unspecified atom stereocenters. The van der Waals surface area contributed by atoms with Crippen LogP contribution in [0.4, 0.5) is 13.2 Å². The average molecular weight is 652 g/mol. The van der Waals surface area contributed by atoms with Gasteiger partial charge in [-0.15, -0.1) is 11.3 Å². The molecule has 6 rings (SSSR count). The molecule has 3 aromatic carbocycles. The predicted octanol–water partition coefficient (Wildman–Crippen LogP) is 8.13. The summed E-state index contributed by atoms with van der Waals surface area (Å²) in [5, 5.41) is 3.99. The number of imidazole rings is 1. The normalized spacial score (nSPS) is 16.2. The van der Waals surface area contributed by atoms with E-state index in [1.807, 2.05) is 64.5 Å². The van der Waals surface area contributed by atoms with Crippen LogP contribution in [-0.4, -0.2) is 45.9 Å². The summed E-state index contributed by atoms with van der Waals surface area (Å²) in [5.41, 5.74) is -1.08. The number of hydrogen-bond acceptors (Lipinski definition) is 5. The highest BCUT2D eigenvalue weighted by Gasteiger charge is 2.50. The SMILES string of the molecule is O=S(=O)(N1CCC(n2c(-c3ccc(Cl)cc3)nc3ccc(C(c4ccc(Cl)cc4)c4nccs4)cc32)CC1)C(F)(F)F. The molecule has 0 amide bonds. The van der Waals surface area contributed by atoms with Crippen LogP contribution >= 0.6 is 34.5 Å².